The highest BCUT2D eigenvalue weighted by Crippen LogP contribution is 2.85. The second kappa shape index (κ2) is 4.51. The fraction of sp³-hybridized carbons (Fsp3) is 1.00. The van der Waals surface area contributed by atoms with Crippen LogP contribution < -0.4 is 0 Å². The summed E-state index contributed by atoms with van der Waals surface area (Å²) in [4.78, 5) is 0. The smallest absolute Gasteiger partial charge is 0.0148 e. The molecule has 0 saturated heterocycles. The van der Waals surface area contributed by atoms with Gasteiger partial charge >= 0.3 is 0 Å². The van der Waals surface area contributed by atoms with Gasteiger partial charge in [0.1, 0.15) is 0 Å². The molecule has 0 heterocycles. The topological polar surface area (TPSA) is 0 Å². The SMILES string of the molecule is CCCC1CC2CC(C)CCC3CC(C)C4(C)C(C)C1C234. The second-order valence-electron chi connectivity index (χ2n) is 9.76. The van der Waals surface area contributed by atoms with E-state index in [1.54, 1.807) is 25.7 Å². The molecule has 9 atom stereocenters. The Labute approximate surface area is 132 Å². The van der Waals surface area contributed by atoms with Crippen LogP contribution in [0.1, 0.15) is 79.6 Å². The van der Waals surface area contributed by atoms with Gasteiger partial charge < -0.3 is 0 Å². The quantitative estimate of drug-likeness (QED) is 0.571. The Bertz CT molecular complexity index is 426. The molecule has 0 heteroatoms. The summed E-state index contributed by atoms with van der Waals surface area (Å²) >= 11 is 0. The van der Waals surface area contributed by atoms with E-state index < -0.39 is 0 Å². The van der Waals surface area contributed by atoms with Gasteiger partial charge in [-0.15, -0.1) is 0 Å². The molecular formula is C21H36. The maximum absolute atomic E-state index is 2.72. The molecule has 0 bridgehead atoms. The second-order valence-corrected chi connectivity index (χ2v) is 9.76. The summed E-state index contributed by atoms with van der Waals surface area (Å²) in [5.74, 6) is 7.28. The first-order valence-electron chi connectivity index (χ1n) is 9.97. The average Bonchev–Trinajstić information content (AvgIpc) is 2.77. The van der Waals surface area contributed by atoms with Crippen molar-refractivity contribution < 1.29 is 0 Å². The van der Waals surface area contributed by atoms with Crippen molar-refractivity contribution in [3.63, 3.8) is 0 Å². The third kappa shape index (κ3) is 1.44. The fourth-order valence-corrected chi connectivity index (χ4v) is 8.85. The monoisotopic (exact) mass is 288 g/mol. The van der Waals surface area contributed by atoms with Crippen LogP contribution in [0.15, 0.2) is 0 Å². The van der Waals surface area contributed by atoms with Gasteiger partial charge in [0.15, 0.2) is 0 Å². The van der Waals surface area contributed by atoms with Crippen LogP contribution in [0.3, 0.4) is 0 Å². The largest absolute Gasteiger partial charge is 0.0654 e. The summed E-state index contributed by atoms with van der Waals surface area (Å²) in [5.41, 5.74) is 1.45. The first kappa shape index (κ1) is 14.6. The van der Waals surface area contributed by atoms with E-state index in [2.05, 4.69) is 34.6 Å². The molecule has 0 nitrogen and oxygen atoms in total. The first-order valence-corrected chi connectivity index (χ1v) is 9.97. The number of rotatable bonds is 2. The summed E-state index contributed by atoms with van der Waals surface area (Å²) in [6.45, 7) is 12.9. The van der Waals surface area contributed by atoms with E-state index in [0.29, 0.717) is 5.41 Å². The van der Waals surface area contributed by atoms with Crippen LogP contribution in [-0.2, 0) is 0 Å². The summed E-state index contributed by atoms with van der Waals surface area (Å²) in [7, 11) is 0. The summed E-state index contributed by atoms with van der Waals surface area (Å²) < 4.78 is 0. The van der Waals surface area contributed by atoms with Crippen LogP contribution >= 0.6 is 0 Å². The molecule has 4 aliphatic rings. The van der Waals surface area contributed by atoms with E-state index in [1.807, 2.05) is 0 Å². The highest BCUT2D eigenvalue weighted by atomic mass is 14.8. The van der Waals surface area contributed by atoms with Gasteiger partial charge in [-0.2, -0.15) is 0 Å². The zero-order chi connectivity index (χ0) is 15.0. The summed E-state index contributed by atoms with van der Waals surface area (Å²) in [6, 6.07) is 0. The van der Waals surface area contributed by atoms with Crippen molar-refractivity contribution in [1.29, 1.82) is 0 Å². The molecule has 120 valence electrons. The van der Waals surface area contributed by atoms with Crippen molar-refractivity contribution in [3.05, 3.63) is 0 Å². The predicted molar refractivity (Wildman–Crippen MR) is 90.0 cm³/mol. The maximum Gasteiger partial charge on any atom is -0.0148 e. The Morgan fingerprint density at radius 3 is 2.43 bits per heavy atom. The van der Waals surface area contributed by atoms with Gasteiger partial charge in [0, 0.05) is 0 Å². The van der Waals surface area contributed by atoms with E-state index in [9.17, 15) is 0 Å². The number of hydrogen-bond acceptors (Lipinski definition) is 0. The van der Waals surface area contributed by atoms with Gasteiger partial charge in [-0.25, -0.2) is 0 Å². The molecule has 4 rings (SSSR count). The molecule has 4 saturated carbocycles. The molecule has 4 fully saturated rings. The summed E-state index contributed by atoms with van der Waals surface area (Å²) in [5, 5.41) is 0. The van der Waals surface area contributed by atoms with Crippen LogP contribution in [0.4, 0.5) is 0 Å². The Morgan fingerprint density at radius 2 is 1.71 bits per heavy atom. The molecule has 4 aliphatic carbocycles. The first-order chi connectivity index (χ1) is 9.97. The normalized spacial score (nSPS) is 61.9. The summed E-state index contributed by atoms with van der Waals surface area (Å²) in [6.07, 6.45) is 10.7. The molecular weight excluding hydrogens is 252 g/mol. The Hall–Kier alpha value is 0. The third-order valence-electron chi connectivity index (χ3n) is 9.43. The molecule has 0 aliphatic heterocycles. The van der Waals surface area contributed by atoms with Gasteiger partial charge in [0.25, 0.3) is 0 Å². The van der Waals surface area contributed by atoms with E-state index in [1.165, 1.54) is 19.3 Å². The van der Waals surface area contributed by atoms with E-state index >= 15 is 0 Å². The molecule has 0 aromatic rings. The van der Waals surface area contributed by atoms with E-state index in [0.717, 1.165) is 46.8 Å². The van der Waals surface area contributed by atoms with Crippen LogP contribution in [0.2, 0.25) is 0 Å². The zero-order valence-electron chi connectivity index (χ0n) is 15.0. The molecule has 0 aromatic heterocycles. The van der Waals surface area contributed by atoms with Gasteiger partial charge in [-0.3, -0.25) is 0 Å². The third-order valence-corrected chi connectivity index (χ3v) is 9.43. The standard InChI is InChI=1S/C21H36/c1-6-7-16-12-18-10-13(2)8-9-17-11-14(3)20(5)15(4)19(16)21(17,18)20/h13-19H,6-12H2,1-5H3. The lowest BCUT2D eigenvalue weighted by atomic mass is 9.35. The minimum atomic E-state index is 0.680. The lowest BCUT2D eigenvalue weighted by Crippen LogP contribution is -2.65. The van der Waals surface area contributed by atoms with Crippen molar-refractivity contribution in [2.45, 2.75) is 79.6 Å². The highest BCUT2D eigenvalue weighted by molar-refractivity contribution is 5.27. The van der Waals surface area contributed by atoms with Gasteiger partial charge in [-0.05, 0) is 77.9 Å². The van der Waals surface area contributed by atoms with Crippen molar-refractivity contribution in [3.8, 4) is 0 Å². The zero-order valence-corrected chi connectivity index (χ0v) is 15.0. The minimum Gasteiger partial charge on any atom is -0.0654 e. The molecule has 0 aromatic carbocycles. The average molecular weight is 289 g/mol. The number of hydrogen-bond donors (Lipinski definition) is 0. The Morgan fingerprint density at radius 1 is 0.952 bits per heavy atom. The Balaban J connectivity index is 1.79. The highest BCUT2D eigenvalue weighted by Gasteiger charge is 2.80. The Kier molecular flexibility index (Phi) is 3.13. The van der Waals surface area contributed by atoms with Gasteiger partial charge in [0.05, 0.1) is 0 Å². The van der Waals surface area contributed by atoms with E-state index in [-0.39, 0.29) is 0 Å². The van der Waals surface area contributed by atoms with Crippen LogP contribution in [-0.4, -0.2) is 0 Å². The van der Waals surface area contributed by atoms with Crippen LogP contribution in [0.25, 0.3) is 0 Å². The van der Waals surface area contributed by atoms with Crippen molar-refractivity contribution in [1.82, 2.24) is 0 Å². The predicted octanol–water partition coefficient (Wildman–Crippen LogP) is 6.16. The minimum absolute atomic E-state index is 0.680. The molecule has 21 heavy (non-hydrogen) atoms. The molecule has 9 unspecified atom stereocenters. The lowest BCUT2D eigenvalue weighted by molar-refractivity contribution is -0.220. The van der Waals surface area contributed by atoms with Gasteiger partial charge in [0.2, 0.25) is 0 Å². The fourth-order valence-electron chi connectivity index (χ4n) is 8.85. The van der Waals surface area contributed by atoms with E-state index in [4.69, 9.17) is 0 Å². The van der Waals surface area contributed by atoms with Gasteiger partial charge in [-0.1, -0.05) is 53.9 Å². The molecule has 1 spiro atoms. The maximum atomic E-state index is 2.72. The van der Waals surface area contributed by atoms with Crippen LogP contribution in [0.5, 0.6) is 0 Å². The molecule has 0 N–H and O–H groups in total. The van der Waals surface area contributed by atoms with Crippen molar-refractivity contribution in [2.75, 3.05) is 0 Å². The molecule has 0 amide bonds. The van der Waals surface area contributed by atoms with Crippen molar-refractivity contribution >= 4 is 0 Å². The van der Waals surface area contributed by atoms with Crippen molar-refractivity contribution in [2.24, 2.45) is 52.3 Å². The molecule has 0 radical (unpaired) electrons. The lowest BCUT2D eigenvalue weighted by Gasteiger charge is -2.69. The van der Waals surface area contributed by atoms with Crippen LogP contribution in [0, 0.1) is 52.3 Å².